The zero-order chi connectivity index (χ0) is 17.4. The normalized spacial score (nSPS) is 26.4. The molecule has 1 aromatic carbocycles. The first-order chi connectivity index (χ1) is 12.1. The third kappa shape index (κ3) is 3.92. The van der Waals surface area contributed by atoms with Crippen LogP contribution in [-0.4, -0.2) is 34.1 Å². The number of methoxy groups -OCH3 is 1. The van der Waals surface area contributed by atoms with Gasteiger partial charge in [0.15, 0.2) is 5.17 Å². The molecule has 2 heterocycles. The Morgan fingerprint density at radius 3 is 2.70 bits per heavy atom. The molecule has 0 amide bonds. The Bertz CT molecular complexity index is 826. The third-order valence-electron chi connectivity index (χ3n) is 5.17. The molecule has 0 radical (unpaired) electrons. The summed E-state index contributed by atoms with van der Waals surface area (Å²) in [4.78, 5) is 12.8. The first kappa shape index (κ1) is 21.9. The van der Waals surface area contributed by atoms with Crippen LogP contribution in [0.3, 0.4) is 0 Å². The maximum absolute atomic E-state index is 14.4. The Morgan fingerprint density at radius 2 is 2.00 bits per heavy atom. The van der Waals surface area contributed by atoms with E-state index in [1.807, 2.05) is 12.1 Å². The highest BCUT2D eigenvalue weighted by Gasteiger charge is 2.50. The number of nitrogens with zero attached hydrogens (tertiary/aromatic N) is 3. The van der Waals surface area contributed by atoms with E-state index in [1.54, 1.807) is 31.3 Å². The lowest BCUT2D eigenvalue weighted by Gasteiger charge is -2.36. The largest absolute Gasteiger partial charge is 0.381 e. The van der Waals surface area contributed by atoms with Crippen molar-refractivity contribution >= 4 is 41.7 Å². The van der Waals surface area contributed by atoms with E-state index in [0.29, 0.717) is 22.2 Å². The first-order valence-electron chi connectivity index (χ1n) is 8.19. The SMILES string of the molecule is COC1CC2CSC(N)=NC2(c2ccc(F)c(-c3cncnc3)c2)C1.Cl.Cl. The summed E-state index contributed by atoms with van der Waals surface area (Å²) in [6.45, 7) is 0. The number of halogens is 3. The maximum atomic E-state index is 14.4. The van der Waals surface area contributed by atoms with Crippen molar-refractivity contribution in [2.45, 2.75) is 24.5 Å². The highest BCUT2D eigenvalue weighted by atomic mass is 35.5. The molecule has 5 nitrogen and oxygen atoms in total. The van der Waals surface area contributed by atoms with Crippen LogP contribution in [0.1, 0.15) is 18.4 Å². The predicted octanol–water partition coefficient (Wildman–Crippen LogP) is 3.81. The van der Waals surface area contributed by atoms with Gasteiger partial charge in [0.1, 0.15) is 12.1 Å². The summed E-state index contributed by atoms with van der Waals surface area (Å²) in [6, 6.07) is 5.18. The summed E-state index contributed by atoms with van der Waals surface area (Å²) < 4.78 is 20.0. The molecular formula is C18H21Cl2FN4OS. The minimum absolute atomic E-state index is 0. The number of ether oxygens (including phenoxy) is 1. The second-order valence-electron chi connectivity index (χ2n) is 6.50. The Kier molecular flexibility index (Phi) is 7.08. The number of rotatable bonds is 3. The lowest BCUT2D eigenvalue weighted by atomic mass is 9.80. The van der Waals surface area contributed by atoms with E-state index in [4.69, 9.17) is 15.5 Å². The van der Waals surface area contributed by atoms with Gasteiger partial charge in [-0.2, -0.15) is 0 Å². The van der Waals surface area contributed by atoms with E-state index in [-0.39, 0.29) is 36.7 Å². The van der Waals surface area contributed by atoms with E-state index < -0.39 is 5.54 Å². The standard InChI is InChI=1S/C18H19FN4OS.2ClH/c1-24-14-4-13-9-25-17(20)23-18(13,6-14)12-2-3-16(19)15(5-12)11-7-21-10-22-8-11;;/h2-3,5,7-8,10,13-14H,4,6,9H2,1H3,(H2,20,23);2*1H. The molecule has 9 heteroatoms. The van der Waals surface area contributed by atoms with Gasteiger partial charge >= 0.3 is 0 Å². The summed E-state index contributed by atoms with van der Waals surface area (Å²) in [5.41, 5.74) is 7.72. The van der Waals surface area contributed by atoms with Gasteiger partial charge < -0.3 is 10.5 Å². The van der Waals surface area contributed by atoms with Crippen LogP contribution in [0.25, 0.3) is 11.1 Å². The highest BCUT2D eigenvalue weighted by Crippen LogP contribution is 2.52. The van der Waals surface area contributed by atoms with E-state index in [9.17, 15) is 4.39 Å². The van der Waals surface area contributed by atoms with Crippen LogP contribution in [0.15, 0.2) is 41.9 Å². The Hall–Kier alpha value is -1.41. The van der Waals surface area contributed by atoms with Crippen molar-refractivity contribution < 1.29 is 9.13 Å². The number of hydrogen-bond acceptors (Lipinski definition) is 6. The van der Waals surface area contributed by atoms with Gasteiger partial charge in [0, 0.05) is 48.7 Å². The van der Waals surface area contributed by atoms with Gasteiger partial charge in [0.25, 0.3) is 0 Å². The molecule has 1 aliphatic carbocycles. The highest BCUT2D eigenvalue weighted by molar-refractivity contribution is 8.13. The van der Waals surface area contributed by atoms with Crippen molar-refractivity contribution in [3.63, 3.8) is 0 Å². The zero-order valence-electron chi connectivity index (χ0n) is 14.7. The summed E-state index contributed by atoms with van der Waals surface area (Å²) in [7, 11) is 1.73. The second kappa shape index (κ2) is 8.73. The molecule has 27 heavy (non-hydrogen) atoms. The van der Waals surface area contributed by atoms with Crippen molar-refractivity contribution in [3.8, 4) is 11.1 Å². The Morgan fingerprint density at radius 1 is 1.26 bits per heavy atom. The van der Waals surface area contributed by atoms with Crippen molar-refractivity contribution in [2.75, 3.05) is 12.9 Å². The average molecular weight is 431 g/mol. The lowest BCUT2D eigenvalue weighted by molar-refractivity contribution is 0.102. The van der Waals surface area contributed by atoms with Gasteiger partial charge in [-0.1, -0.05) is 17.8 Å². The molecule has 0 saturated heterocycles. The van der Waals surface area contributed by atoms with Gasteiger partial charge in [-0.15, -0.1) is 24.8 Å². The van der Waals surface area contributed by atoms with Gasteiger partial charge in [-0.05, 0) is 24.1 Å². The smallest absolute Gasteiger partial charge is 0.154 e. The van der Waals surface area contributed by atoms with Crippen LogP contribution in [0.5, 0.6) is 0 Å². The molecule has 1 fully saturated rings. The van der Waals surface area contributed by atoms with E-state index >= 15 is 0 Å². The van der Waals surface area contributed by atoms with Crippen molar-refractivity contribution in [1.29, 1.82) is 0 Å². The zero-order valence-corrected chi connectivity index (χ0v) is 17.1. The summed E-state index contributed by atoms with van der Waals surface area (Å²) >= 11 is 1.58. The number of nitrogens with two attached hydrogens (primary N) is 1. The second-order valence-corrected chi connectivity index (χ2v) is 7.54. The molecule has 0 bridgehead atoms. The van der Waals surface area contributed by atoms with Gasteiger partial charge in [-0.3, -0.25) is 4.99 Å². The molecule has 3 unspecified atom stereocenters. The molecule has 2 aliphatic rings. The molecule has 1 aromatic heterocycles. The van der Waals surface area contributed by atoms with Crippen LogP contribution >= 0.6 is 36.6 Å². The van der Waals surface area contributed by atoms with Crippen LogP contribution in [0, 0.1) is 11.7 Å². The first-order valence-corrected chi connectivity index (χ1v) is 9.17. The molecule has 1 saturated carbocycles. The fraction of sp³-hybridized carbons (Fsp3) is 0.389. The van der Waals surface area contributed by atoms with Crippen molar-refractivity contribution in [2.24, 2.45) is 16.6 Å². The molecular weight excluding hydrogens is 410 g/mol. The quantitative estimate of drug-likeness (QED) is 0.800. The van der Waals surface area contributed by atoms with Gasteiger partial charge in [0.05, 0.1) is 11.6 Å². The number of hydrogen-bond donors (Lipinski definition) is 1. The number of thioether (sulfide) groups is 1. The molecule has 0 spiro atoms. The van der Waals surface area contributed by atoms with Crippen molar-refractivity contribution in [1.82, 2.24) is 9.97 Å². The predicted molar refractivity (Wildman–Crippen MR) is 111 cm³/mol. The maximum Gasteiger partial charge on any atom is 0.154 e. The Balaban J connectivity index is 0.00000131. The fourth-order valence-electron chi connectivity index (χ4n) is 3.92. The van der Waals surface area contributed by atoms with E-state index in [1.165, 1.54) is 12.4 Å². The molecule has 146 valence electrons. The van der Waals surface area contributed by atoms with Crippen LogP contribution in [-0.2, 0) is 10.3 Å². The average Bonchev–Trinajstić information content (AvgIpc) is 3.02. The monoisotopic (exact) mass is 430 g/mol. The fourth-order valence-corrected chi connectivity index (χ4v) is 4.93. The molecule has 2 N–H and O–H groups in total. The van der Waals surface area contributed by atoms with E-state index in [2.05, 4.69) is 9.97 Å². The van der Waals surface area contributed by atoms with Crippen molar-refractivity contribution in [3.05, 3.63) is 48.3 Å². The van der Waals surface area contributed by atoms with Gasteiger partial charge in [-0.25, -0.2) is 14.4 Å². The Labute approximate surface area is 174 Å². The summed E-state index contributed by atoms with van der Waals surface area (Å²) in [6.07, 6.45) is 6.49. The number of aromatic nitrogens is 2. The summed E-state index contributed by atoms with van der Waals surface area (Å²) in [5, 5.41) is 0.585. The lowest BCUT2D eigenvalue weighted by Crippen LogP contribution is -2.36. The topological polar surface area (TPSA) is 73.4 Å². The number of fused-ring (bicyclic) bond motifs is 1. The minimum atomic E-state index is -0.450. The van der Waals surface area contributed by atoms with Crippen LogP contribution in [0.2, 0.25) is 0 Å². The number of benzene rings is 1. The van der Waals surface area contributed by atoms with E-state index in [0.717, 1.165) is 24.2 Å². The minimum Gasteiger partial charge on any atom is -0.381 e. The molecule has 2 aromatic rings. The van der Waals surface area contributed by atoms with Gasteiger partial charge in [0.2, 0.25) is 0 Å². The number of amidine groups is 1. The number of aliphatic imine (C=N–C) groups is 1. The summed E-state index contributed by atoms with van der Waals surface area (Å²) in [5.74, 6) is 0.922. The molecule has 1 aliphatic heterocycles. The third-order valence-corrected chi connectivity index (χ3v) is 6.13. The molecule has 3 atom stereocenters. The van der Waals surface area contributed by atoms with Crippen LogP contribution in [0.4, 0.5) is 4.39 Å². The molecule has 4 rings (SSSR count). The van der Waals surface area contributed by atoms with Crippen LogP contribution < -0.4 is 5.73 Å².